The van der Waals surface area contributed by atoms with Gasteiger partial charge in [0.2, 0.25) is 0 Å². The minimum atomic E-state index is -1.71. The fraction of sp³-hybridized carbons (Fsp3) is 0.241. The van der Waals surface area contributed by atoms with Crippen molar-refractivity contribution in [2.24, 2.45) is 0 Å². The normalized spacial score (nSPS) is 17.7. The van der Waals surface area contributed by atoms with E-state index < -0.39 is 22.8 Å². The maximum absolute atomic E-state index is 2.62. The van der Waals surface area contributed by atoms with Crippen LogP contribution in [-0.4, -0.2) is 6.19 Å². The molecule has 0 amide bonds. The van der Waals surface area contributed by atoms with Crippen LogP contribution in [0, 0.1) is 13.8 Å². The van der Waals surface area contributed by atoms with E-state index in [0.29, 0.717) is 8.45 Å². The number of fused-ring (bicyclic) bond motifs is 2. The fourth-order valence-electron chi connectivity index (χ4n) is 5.70. The Hall–Kier alpha value is -1.35. The van der Waals surface area contributed by atoms with E-state index in [9.17, 15) is 0 Å². The largest absolute Gasteiger partial charge is 0.147 e. The predicted molar refractivity (Wildman–Crippen MR) is 147 cm³/mol. The van der Waals surface area contributed by atoms with Crippen molar-refractivity contribution in [2.45, 2.75) is 42.7 Å². The molecule has 0 aromatic heterocycles. The minimum Gasteiger partial charge on any atom is -0.147 e. The van der Waals surface area contributed by atoms with Gasteiger partial charge in [-0.1, -0.05) is 0 Å². The molecule has 2 aliphatic carbocycles. The van der Waals surface area contributed by atoms with Crippen LogP contribution in [0.4, 0.5) is 0 Å². The Morgan fingerprint density at radius 2 is 1.06 bits per heavy atom. The van der Waals surface area contributed by atoms with Crippen LogP contribution in [0.3, 0.4) is 0 Å². The summed E-state index contributed by atoms with van der Waals surface area (Å²) < 4.78 is 1.29. The Labute approximate surface area is 217 Å². The molecule has 0 N–H and O–H groups in total. The monoisotopic (exact) mass is 526 g/mol. The summed E-state index contributed by atoms with van der Waals surface area (Å²) in [5.41, 5.74) is 12.3. The molecule has 0 saturated carbocycles. The predicted octanol–water partition coefficient (Wildman–Crippen LogP) is 7.91. The van der Waals surface area contributed by atoms with Gasteiger partial charge in [-0.05, 0) is 0 Å². The molecule has 0 radical (unpaired) electrons. The van der Waals surface area contributed by atoms with Crippen molar-refractivity contribution in [1.29, 1.82) is 0 Å². The Bertz CT molecular complexity index is 1210. The summed E-state index contributed by atoms with van der Waals surface area (Å²) in [6.45, 7) is 12.0. The van der Waals surface area contributed by atoms with Gasteiger partial charge in [0, 0.05) is 0 Å². The quantitative estimate of drug-likeness (QED) is 0.304. The van der Waals surface area contributed by atoms with Gasteiger partial charge in [-0.25, -0.2) is 0 Å². The molecule has 0 spiro atoms. The topological polar surface area (TPSA) is 0 Å². The zero-order valence-corrected chi connectivity index (χ0v) is 24.2. The average Bonchev–Trinajstić information content (AvgIpc) is 3.28. The van der Waals surface area contributed by atoms with Gasteiger partial charge < -0.3 is 0 Å². The molecule has 33 heavy (non-hydrogen) atoms. The third-order valence-corrected chi connectivity index (χ3v) is 21.4. The summed E-state index contributed by atoms with van der Waals surface area (Å²) in [6.07, 6.45) is 4.36. The van der Waals surface area contributed by atoms with E-state index in [1.165, 1.54) is 22.3 Å². The average molecular weight is 527 g/mol. The molecule has 170 valence electrons. The molecule has 3 aromatic rings. The second-order valence-electron chi connectivity index (χ2n) is 9.24. The maximum atomic E-state index is 2.62. The zero-order valence-electron chi connectivity index (χ0n) is 20.0. The van der Waals surface area contributed by atoms with Gasteiger partial charge in [0.15, 0.2) is 0 Å². The third-order valence-electron chi connectivity index (χ3n) is 7.25. The molecule has 0 nitrogen and oxygen atoms in total. The van der Waals surface area contributed by atoms with Crippen LogP contribution in [0.25, 0.3) is 12.2 Å². The van der Waals surface area contributed by atoms with Crippen molar-refractivity contribution in [3.05, 3.63) is 111 Å². The summed E-state index contributed by atoms with van der Waals surface area (Å²) >= 11 is -1.71. The summed E-state index contributed by atoms with van der Waals surface area (Å²) in [6, 6.07) is 25.4. The van der Waals surface area contributed by atoms with Crippen LogP contribution >= 0.6 is 24.8 Å². The Morgan fingerprint density at radius 3 is 1.52 bits per heavy atom. The zero-order chi connectivity index (χ0) is 21.7. The molecule has 5 rings (SSSR count). The van der Waals surface area contributed by atoms with E-state index >= 15 is 0 Å². The molecule has 4 heteroatoms. The first kappa shape index (κ1) is 26.3. The SMILES string of the molecule is CC1=Cc2c(C)cccc2[CH]1[Ti]([CH]1C(C)=Cc2c(C)cccc21)=[Si](C)c1ccccc1.Cl.Cl. The van der Waals surface area contributed by atoms with Crippen molar-refractivity contribution in [3.8, 4) is 0 Å². The van der Waals surface area contributed by atoms with E-state index in [-0.39, 0.29) is 24.8 Å². The summed E-state index contributed by atoms with van der Waals surface area (Å²) in [7, 11) is 0. The Kier molecular flexibility index (Phi) is 8.36. The number of allylic oxidation sites excluding steroid dienone is 2. The number of hydrogen-bond acceptors (Lipinski definition) is 0. The van der Waals surface area contributed by atoms with Gasteiger partial charge in [0.1, 0.15) is 0 Å². The van der Waals surface area contributed by atoms with Crippen LogP contribution in [-0.2, 0) is 16.6 Å². The summed E-state index contributed by atoms with van der Waals surface area (Å²) in [5.74, 6) is 0. The van der Waals surface area contributed by atoms with Gasteiger partial charge in [-0.2, -0.15) is 0 Å². The van der Waals surface area contributed by atoms with Crippen molar-refractivity contribution in [3.63, 3.8) is 0 Å². The fourth-order valence-corrected chi connectivity index (χ4v) is 21.3. The maximum Gasteiger partial charge on any atom is -0.147 e. The summed E-state index contributed by atoms with van der Waals surface area (Å²) in [5, 5.41) is 1.62. The van der Waals surface area contributed by atoms with Gasteiger partial charge in [0.05, 0.1) is 0 Å². The van der Waals surface area contributed by atoms with Crippen LogP contribution in [0.1, 0.15) is 55.7 Å². The molecule has 3 aromatic carbocycles. The van der Waals surface area contributed by atoms with E-state index in [4.69, 9.17) is 0 Å². The smallest absolute Gasteiger partial charge is 0.147 e. The first-order valence-electron chi connectivity index (χ1n) is 11.3. The van der Waals surface area contributed by atoms with E-state index in [1.54, 1.807) is 27.5 Å². The molecule has 0 saturated heterocycles. The molecule has 2 atom stereocenters. The minimum absolute atomic E-state index is 0. The van der Waals surface area contributed by atoms with Gasteiger partial charge in [0.25, 0.3) is 0 Å². The number of rotatable bonds is 3. The van der Waals surface area contributed by atoms with Gasteiger partial charge >= 0.3 is 194 Å². The molecule has 2 aliphatic rings. The number of hydrogen-bond donors (Lipinski definition) is 0. The van der Waals surface area contributed by atoms with Crippen LogP contribution < -0.4 is 5.19 Å². The number of benzene rings is 3. The van der Waals surface area contributed by atoms with E-state index in [1.807, 2.05) is 0 Å². The first-order valence-corrected chi connectivity index (χ1v) is 17.4. The van der Waals surface area contributed by atoms with E-state index in [2.05, 4.69) is 113 Å². The van der Waals surface area contributed by atoms with Crippen molar-refractivity contribution in [1.82, 2.24) is 0 Å². The Morgan fingerprint density at radius 1 is 0.606 bits per heavy atom. The number of aryl methyl sites for hydroxylation is 2. The number of halogens is 2. The molecule has 0 fully saturated rings. The first-order chi connectivity index (χ1) is 15.0. The second-order valence-corrected chi connectivity index (χ2v) is 20.2. The van der Waals surface area contributed by atoms with Gasteiger partial charge in [-0.3, -0.25) is 0 Å². The standard InChI is InChI=1S/2C11H11.C7H8Si.2ClH.Ti/c2*1-8-6-10-5-3-4-9(2)11(10)7-8;1-8-7-5-3-2-4-6-7;;;/h2*3-7H,1-2H3;2-6H,1H3;2*1H;. The molecule has 0 bridgehead atoms. The van der Waals surface area contributed by atoms with Crippen molar-refractivity contribution >= 4 is 48.3 Å². The van der Waals surface area contributed by atoms with Crippen LogP contribution in [0.5, 0.6) is 0 Å². The van der Waals surface area contributed by atoms with Crippen molar-refractivity contribution in [2.75, 3.05) is 0 Å². The van der Waals surface area contributed by atoms with Crippen LogP contribution in [0.2, 0.25) is 6.55 Å². The third kappa shape index (κ3) is 4.52. The molecule has 0 heterocycles. The molecular weight excluding hydrogens is 495 g/mol. The van der Waals surface area contributed by atoms with E-state index in [0.717, 1.165) is 0 Å². The van der Waals surface area contributed by atoms with Crippen molar-refractivity contribution < 1.29 is 16.6 Å². The molecule has 2 unspecified atom stereocenters. The molecule has 0 aliphatic heterocycles. The summed E-state index contributed by atoms with van der Waals surface area (Å²) in [4.78, 5) is 0. The Balaban J connectivity index is 0.00000153. The van der Waals surface area contributed by atoms with Crippen LogP contribution in [0.15, 0.2) is 77.9 Å². The van der Waals surface area contributed by atoms with Gasteiger partial charge in [-0.15, -0.1) is 24.8 Å². The molecular formula is C29H32Cl2SiTi. The second kappa shape index (κ2) is 10.5.